The Morgan fingerprint density at radius 2 is 2.02 bits per heavy atom. The molecular formula is C26H35ClN8O5. The molecule has 0 radical (unpaired) electrons. The average Bonchev–Trinajstić information content (AvgIpc) is 3.59. The first kappa shape index (κ1) is 30.5. The standard InChI is InChI=1S/C26H35ClN8O5/c1-5-40-21(36)11-9-16(14-20-31-33-34-32-20)29-24(38)19-7-6-12-35(19)25(39)22(26(2,3)4)30-23(37)15-8-10-18(28)17(27)13-15/h8-11,13,16,19,22H,5-7,12,14,28H2,1-4H3,(H,29,38)(H,30,37)(H,31,32,33,34)/b11-9+/t16-,19-,22?/m1/s1. The van der Waals surface area contributed by atoms with Crippen LogP contribution in [0.4, 0.5) is 5.69 Å². The molecule has 3 atom stereocenters. The van der Waals surface area contributed by atoms with Crippen molar-refractivity contribution in [2.45, 2.75) is 65.1 Å². The van der Waals surface area contributed by atoms with Crippen LogP contribution in [-0.2, 0) is 25.5 Å². The molecule has 1 saturated heterocycles. The van der Waals surface area contributed by atoms with Crippen LogP contribution in [0.15, 0.2) is 30.4 Å². The molecule has 5 N–H and O–H groups in total. The number of carbonyl (C=O) groups excluding carboxylic acids is 4. The maximum absolute atomic E-state index is 13.8. The van der Waals surface area contributed by atoms with Gasteiger partial charge in [-0.3, -0.25) is 14.4 Å². The van der Waals surface area contributed by atoms with Crippen LogP contribution < -0.4 is 16.4 Å². The number of nitrogens with two attached hydrogens (primary N) is 1. The van der Waals surface area contributed by atoms with Crippen molar-refractivity contribution in [3.63, 3.8) is 0 Å². The maximum Gasteiger partial charge on any atom is 0.330 e. The largest absolute Gasteiger partial charge is 0.463 e. The summed E-state index contributed by atoms with van der Waals surface area (Å²) in [4.78, 5) is 53.6. The minimum Gasteiger partial charge on any atom is -0.463 e. The predicted octanol–water partition coefficient (Wildman–Crippen LogP) is 1.42. The van der Waals surface area contributed by atoms with Crippen LogP contribution in [0.25, 0.3) is 0 Å². The Morgan fingerprint density at radius 1 is 1.27 bits per heavy atom. The molecule has 2 aromatic rings. The quantitative estimate of drug-likeness (QED) is 0.185. The molecule has 1 aliphatic rings. The van der Waals surface area contributed by atoms with E-state index in [-0.39, 0.29) is 29.5 Å². The third-order valence-electron chi connectivity index (χ3n) is 6.36. The van der Waals surface area contributed by atoms with Gasteiger partial charge in [0.15, 0.2) is 5.82 Å². The SMILES string of the molecule is CCOC(=O)/C=C/[C@H](Cc1nn[nH]n1)NC(=O)[C@H]1CCCN1C(=O)C(NC(=O)c1ccc(N)c(Cl)c1)C(C)(C)C. The van der Waals surface area contributed by atoms with Gasteiger partial charge in [0.1, 0.15) is 12.1 Å². The lowest BCUT2D eigenvalue weighted by Crippen LogP contribution is -2.58. The summed E-state index contributed by atoms with van der Waals surface area (Å²) >= 11 is 6.08. The second kappa shape index (κ2) is 13.4. The first-order valence-corrected chi connectivity index (χ1v) is 13.3. The predicted molar refractivity (Wildman–Crippen MR) is 147 cm³/mol. The molecule has 1 unspecified atom stereocenters. The lowest BCUT2D eigenvalue weighted by atomic mass is 9.85. The third kappa shape index (κ3) is 8.01. The minimum atomic E-state index is -0.927. The van der Waals surface area contributed by atoms with Crippen LogP contribution in [0.2, 0.25) is 5.02 Å². The van der Waals surface area contributed by atoms with Gasteiger partial charge < -0.3 is 26.0 Å². The number of amides is 3. The lowest BCUT2D eigenvalue weighted by molar-refractivity contribution is -0.142. The molecule has 1 fully saturated rings. The zero-order chi connectivity index (χ0) is 29.4. The molecule has 13 nitrogen and oxygen atoms in total. The van der Waals surface area contributed by atoms with E-state index in [4.69, 9.17) is 22.1 Å². The highest BCUT2D eigenvalue weighted by molar-refractivity contribution is 6.33. The summed E-state index contributed by atoms with van der Waals surface area (Å²) in [5.41, 5.74) is 5.68. The number of benzene rings is 1. The fourth-order valence-corrected chi connectivity index (χ4v) is 4.48. The fourth-order valence-electron chi connectivity index (χ4n) is 4.30. The summed E-state index contributed by atoms with van der Waals surface area (Å²) in [5.74, 6) is -1.50. The molecule has 3 rings (SSSR count). The first-order chi connectivity index (χ1) is 18.9. The van der Waals surface area contributed by atoms with Gasteiger partial charge in [-0.1, -0.05) is 43.7 Å². The van der Waals surface area contributed by atoms with Gasteiger partial charge in [-0.15, -0.1) is 10.2 Å². The molecule has 1 aliphatic heterocycles. The Bertz CT molecular complexity index is 1240. The molecule has 0 saturated carbocycles. The van der Waals surface area contributed by atoms with Crippen molar-refractivity contribution in [3.05, 3.63) is 46.8 Å². The number of nitrogens with zero attached hydrogens (tertiary/aromatic N) is 4. The molecule has 0 aliphatic carbocycles. The number of likely N-dealkylation sites (tertiary alicyclic amines) is 1. The van der Waals surface area contributed by atoms with E-state index in [1.54, 1.807) is 6.92 Å². The highest BCUT2D eigenvalue weighted by Crippen LogP contribution is 2.27. The number of hydrogen-bond donors (Lipinski definition) is 4. The Kier molecular flexibility index (Phi) is 10.2. The second-order valence-corrected chi connectivity index (χ2v) is 10.9. The van der Waals surface area contributed by atoms with Crippen molar-refractivity contribution in [1.82, 2.24) is 36.2 Å². The van der Waals surface area contributed by atoms with Gasteiger partial charge >= 0.3 is 5.97 Å². The van der Waals surface area contributed by atoms with E-state index in [9.17, 15) is 19.2 Å². The van der Waals surface area contributed by atoms with E-state index in [1.165, 1.54) is 35.3 Å². The molecule has 40 heavy (non-hydrogen) atoms. The number of H-pyrrole nitrogens is 1. The fraction of sp³-hybridized carbons (Fsp3) is 0.500. The van der Waals surface area contributed by atoms with Crippen LogP contribution >= 0.6 is 11.6 Å². The number of ether oxygens (including phenoxy) is 1. The van der Waals surface area contributed by atoms with E-state index in [0.29, 0.717) is 30.9 Å². The molecule has 1 aromatic carbocycles. The number of tetrazole rings is 1. The zero-order valence-electron chi connectivity index (χ0n) is 22.9. The van der Waals surface area contributed by atoms with Crippen LogP contribution in [0.3, 0.4) is 0 Å². The van der Waals surface area contributed by atoms with Gasteiger partial charge in [0.25, 0.3) is 5.91 Å². The van der Waals surface area contributed by atoms with Crippen LogP contribution in [0.5, 0.6) is 0 Å². The second-order valence-electron chi connectivity index (χ2n) is 10.5. The highest BCUT2D eigenvalue weighted by atomic mass is 35.5. The molecule has 0 spiro atoms. The number of nitrogen functional groups attached to an aromatic ring is 1. The van der Waals surface area contributed by atoms with Crippen molar-refractivity contribution in [1.29, 1.82) is 0 Å². The number of carbonyl (C=O) groups is 4. The summed E-state index contributed by atoms with van der Waals surface area (Å²) < 4.78 is 4.93. The van der Waals surface area contributed by atoms with Gasteiger partial charge in [0.05, 0.1) is 23.4 Å². The lowest BCUT2D eigenvalue weighted by Gasteiger charge is -2.35. The van der Waals surface area contributed by atoms with Gasteiger partial charge in [-0.05, 0) is 43.4 Å². The number of anilines is 1. The summed E-state index contributed by atoms with van der Waals surface area (Å²) in [6.07, 6.45) is 3.91. The minimum absolute atomic E-state index is 0.156. The average molecular weight is 575 g/mol. The van der Waals surface area contributed by atoms with Crippen LogP contribution in [0.1, 0.15) is 56.7 Å². The smallest absolute Gasteiger partial charge is 0.330 e. The Balaban J connectivity index is 1.77. The van der Waals surface area contributed by atoms with Crippen molar-refractivity contribution >= 4 is 41.0 Å². The number of halogens is 1. The monoisotopic (exact) mass is 574 g/mol. The number of nitrogens with one attached hydrogen (secondary N) is 3. The van der Waals surface area contributed by atoms with E-state index in [0.717, 1.165) is 0 Å². The van der Waals surface area contributed by atoms with Crippen molar-refractivity contribution in [2.24, 2.45) is 5.41 Å². The van der Waals surface area contributed by atoms with Gasteiger partial charge in [-0.25, -0.2) is 4.79 Å². The van der Waals surface area contributed by atoms with Crippen molar-refractivity contribution in [3.8, 4) is 0 Å². The number of esters is 1. The van der Waals surface area contributed by atoms with Crippen molar-refractivity contribution in [2.75, 3.05) is 18.9 Å². The topological polar surface area (TPSA) is 185 Å². The molecular weight excluding hydrogens is 540 g/mol. The molecule has 2 heterocycles. The molecule has 216 valence electrons. The van der Waals surface area contributed by atoms with Crippen molar-refractivity contribution < 1.29 is 23.9 Å². The summed E-state index contributed by atoms with van der Waals surface area (Å²) in [6.45, 7) is 7.74. The van der Waals surface area contributed by atoms with Gasteiger partial charge in [-0.2, -0.15) is 5.21 Å². The maximum atomic E-state index is 13.8. The molecule has 14 heteroatoms. The van der Waals surface area contributed by atoms with Gasteiger partial charge in [0, 0.05) is 24.6 Å². The van der Waals surface area contributed by atoms with E-state index < -0.39 is 41.3 Å². The number of rotatable bonds is 10. The van der Waals surface area contributed by atoms with Gasteiger partial charge in [0.2, 0.25) is 11.8 Å². The molecule has 1 aromatic heterocycles. The van der Waals surface area contributed by atoms with E-state index in [1.807, 2.05) is 20.8 Å². The molecule has 3 amide bonds. The number of aromatic amines is 1. The molecule has 0 bridgehead atoms. The Hall–Kier alpha value is -4.00. The number of aromatic nitrogens is 4. The third-order valence-corrected chi connectivity index (χ3v) is 6.69. The summed E-state index contributed by atoms with van der Waals surface area (Å²) in [5, 5.41) is 19.6. The van der Waals surface area contributed by atoms with E-state index >= 15 is 0 Å². The highest BCUT2D eigenvalue weighted by Gasteiger charge is 2.42. The Labute approximate surface area is 237 Å². The van der Waals surface area contributed by atoms with Crippen LogP contribution in [0, 0.1) is 5.41 Å². The van der Waals surface area contributed by atoms with E-state index in [2.05, 4.69) is 31.3 Å². The first-order valence-electron chi connectivity index (χ1n) is 12.9. The normalized spacial score (nSPS) is 16.9. The summed E-state index contributed by atoms with van der Waals surface area (Å²) in [6, 6.07) is 2.12. The summed E-state index contributed by atoms with van der Waals surface area (Å²) in [7, 11) is 0. The van der Waals surface area contributed by atoms with Crippen LogP contribution in [-0.4, -0.2) is 80.5 Å². The zero-order valence-corrected chi connectivity index (χ0v) is 23.7. The Morgan fingerprint density at radius 3 is 2.65 bits per heavy atom. The number of hydrogen-bond acceptors (Lipinski definition) is 9.